The van der Waals surface area contributed by atoms with Crippen LogP contribution in [0.1, 0.15) is 12.8 Å². The van der Waals surface area contributed by atoms with Gasteiger partial charge in [-0.05, 0) is 6.42 Å². The number of hydrogen-bond donors (Lipinski definition) is 1. The quantitative estimate of drug-likeness (QED) is 0.486. The first-order chi connectivity index (χ1) is 3.89. The van der Waals surface area contributed by atoms with Crippen LogP contribution in [0.3, 0.4) is 0 Å². The Kier molecular flexibility index (Phi) is 3.94. The van der Waals surface area contributed by atoms with Crippen molar-refractivity contribution in [3.8, 4) is 0 Å². The Hall–Kier alpha value is -0.790. The lowest BCUT2D eigenvalue weighted by atomic mass is 10.4. The van der Waals surface area contributed by atoms with Crippen LogP contribution in [0.15, 0.2) is 6.58 Å². The van der Waals surface area contributed by atoms with Crippen molar-refractivity contribution in [1.82, 2.24) is 5.32 Å². The zero-order chi connectivity index (χ0) is 6.41. The largest absolute Gasteiger partial charge is 0.356 e. The van der Waals surface area contributed by atoms with Crippen LogP contribution in [0.4, 0.5) is 0 Å². The van der Waals surface area contributed by atoms with Crippen LogP contribution in [0.2, 0.25) is 0 Å². The Bertz CT molecular complexity index is 72.6. The van der Waals surface area contributed by atoms with Gasteiger partial charge < -0.3 is 5.32 Å². The SMILES string of the molecule is O=C1CCCN1.[CH]=C. The lowest BCUT2D eigenvalue weighted by Gasteiger charge is -1.80. The summed E-state index contributed by atoms with van der Waals surface area (Å²) in [6.07, 6.45) is 1.76. The highest BCUT2D eigenvalue weighted by atomic mass is 16.1. The summed E-state index contributed by atoms with van der Waals surface area (Å²) in [4.78, 5) is 10.1. The van der Waals surface area contributed by atoms with E-state index in [0.717, 1.165) is 19.4 Å². The number of amides is 1. The number of hydrogen-bond acceptors (Lipinski definition) is 1. The summed E-state index contributed by atoms with van der Waals surface area (Å²) in [5.74, 6) is 0.204. The second-order valence-corrected chi connectivity index (χ2v) is 1.45. The van der Waals surface area contributed by atoms with E-state index in [2.05, 4.69) is 18.5 Å². The third-order valence-electron chi connectivity index (χ3n) is 0.903. The molecule has 0 aromatic rings. The van der Waals surface area contributed by atoms with E-state index in [9.17, 15) is 4.79 Å². The molecule has 1 aliphatic heterocycles. The molecule has 1 radical (unpaired) electrons. The van der Waals surface area contributed by atoms with E-state index < -0.39 is 0 Å². The highest BCUT2D eigenvalue weighted by Gasteiger charge is 2.05. The lowest BCUT2D eigenvalue weighted by molar-refractivity contribution is -0.119. The van der Waals surface area contributed by atoms with Gasteiger partial charge in [0.2, 0.25) is 5.91 Å². The molecule has 1 fully saturated rings. The minimum Gasteiger partial charge on any atom is -0.356 e. The van der Waals surface area contributed by atoms with E-state index in [-0.39, 0.29) is 5.91 Å². The molecule has 0 saturated carbocycles. The molecule has 0 aliphatic carbocycles. The summed E-state index contributed by atoms with van der Waals surface area (Å²) in [5.41, 5.74) is 0. The van der Waals surface area contributed by atoms with Crippen molar-refractivity contribution >= 4 is 5.91 Å². The zero-order valence-electron chi connectivity index (χ0n) is 4.81. The highest BCUT2D eigenvalue weighted by Crippen LogP contribution is 1.93. The van der Waals surface area contributed by atoms with Gasteiger partial charge in [0.15, 0.2) is 0 Å². The molecule has 1 aliphatic rings. The van der Waals surface area contributed by atoms with Crippen LogP contribution in [-0.4, -0.2) is 12.5 Å². The van der Waals surface area contributed by atoms with Crippen LogP contribution in [0.5, 0.6) is 0 Å². The summed E-state index contributed by atoms with van der Waals surface area (Å²) >= 11 is 0. The second kappa shape index (κ2) is 4.37. The third kappa shape index (κ3) is 2.39. The molecular formula is C6H10NO. The van der Waals surface area contributed by atoms with Gasteiger partial charge in [0.25, 0.3) is 0 Å². The monoisotopic (exact) mass is 112 g/mol. The van der Waals surface area contributed by atoms with Gasteiger partial charge in [-0.25, -0.2) is 0 Å². The molecule has 0 aromatic heterocycles. The normalized spacial score (nSPS) is 16.2. The third-order valence-corrected chi connectivity index (χ3v) is 0.903. The summed E-state index contributed by atoms with van der Waals surface area (Å²) in [6.45, 7) is 7.89. The first kappa shape index (κ1) is 7.21. The molecular weight excluding hydrogens is 102 g/mol. The van der Waals surface area contributed by atoms with Crippen molar-refractivity contribution in [2.75, 3.05) is 6.54 Å². The first-order valence-electron chi connectivity index (χ1n) is 2.57. The molecule has 0 bridgehead atoms. The van der Waals surface area contributed by atoms with Crippen molar-refractivity contribution in [3.63, 3.8) is 0 Å². The lowest BCUT2D eigenvalue weighted by Crippen LogP contribution is -2.12. The fraction of sp³-hybridized carbons (Fsp3) is 0.500. The number of rotatable bonds is 0. The number of nitrogens with one attached hydrogen (secondary N) is 1. The predicted octanol–water partition coefficient (Wildman–Crippen LogP) is 0.502. The van der Waals surface area contributed by atoms with Gasteiger partial charge in [-0.3, -0.25) is 4.79 Å². The summed E-state index contributed by atoms with van der Waals surface area (Å²) in [7, 11) is 0. The molecule has 1 heterocycles. The molecule has 2 heteroatoms. The molecule has 1 N–H and O–H groups in total. The zero-order valence-corrected chi connectivity index (χ0v) is 4.81. The van der Waals surface area contributed by atoms with Gasteiger partial charge in [-0.15, -0.1) is 0 Å². The summed E-state index contributed by atoms with van der Waals surface area (Å²) < 4.78 is 0. The maximum Gasteiger partial charge on any atom is 0.220 e. The molecule has 0 aromatic carbocycles. The van der Waals surface area contributed by atoms with Crippen LogP contribution in [-0.2, 0) is 4.79 Å². The minimum atomic E-state index is 0.204. The predicted molar refractivity (Wildman–Crippen MR) is 32.2 cm³/mol. The average molecular weight is 112 g/mol. The highest BCUT2D eigenvalue weighted by molar-refractivity contribution is 5.77. The Balaban J connectivity index is 0.000000222. The van der Waals surface area contributed by atoms with E-state index in [1.165, 1.54) is 0 Å². The van der Waals surface area contributed by atoms with Crippen molar-refractivity contribution in [3.05, 3.63) is 13.2 Å². The Labute approximate surface area is 49.6 Å². The Morgan fingerprint density at radius 2 is 2.25 bits per heavy atom. The Morgan fingerprint density at radius 1 is 1.62 bits per heavy atom. The molecule has 2 nitrogen and oxygen atoms in total. The van der Waals surface area contributed by atoms with Crippen LogP contribution >= 0.6 is 0 Å². The molecule has 0 atom stereocenters. The fourth-order valence-corrected chi connectivity index (χ4v) is 0.565. The van der Waals surface area contributed by atoms with Crippen molar-refractivity contribution in [1.29, 1.82) is 0 Å². The minimum absolute atomic E-state index is 0.204. The van der Waals surface area contributed by atoms with Gasteiger partial charge in [0.05, 0.1) is 0 Å². The molecule has 45 valence electrons. The van der Waals surface area contributed by atoms with E-state index in [4.69, 9.17) is 0 Å². The number of carbonyl (C=O) groups excluding carboxylic acids is 1. The smallest absolute Gasteiger partial charge is 0.220 e. The van der Waals surface area contributed by atoms with Gasteiger partial charge >= 0.3 is 0 Å². The molecule has 0 spiro atoms. The molecule has 0 unspecified atom stereocenters. The molecule has 1 rings (SSSR count). The second-order valence-electron chi connectivity index (χ2n) is 1.45. The summed E-state index contributed by atoms with van der Waals surface area (Å²) in [6, 6.07) is 0. The van der Waals surface area contributed by atoms with E-state index >= 15 is 0 Å². The van der Waals surface area contributed by atoms with Crippen molar-refractivity contribution in [2.45, 2.75) is 12.8 Å². The van der Waals surface area contributed by atoms with E-state index in [0.29, 0.717) is 0 Å². The average Bonchev–Trinajstić information content (AvgIpc) is 2.24. The van der Waals surface area contributed by atoms with Crippen molar-refractivity contribution < 1.29 is 4.79 Å². The van der Waals surface area contributed by atoms with Crippen molar-refractivity contribution in [2.24, 2.45) is 0 Å². The van der Waals surface area contributed by atoms with Gasteiger partial charge in [0.1, 0.15) is 0 Å². The molecule has 8 heavy (non-hydrogen) atoms. The molecule has 1 saturated heterocycles. The van der Waals surface area contributed by atoms with Gasteiger partial charge in [0, 0.05) is 13.0 Å². The maximum atomic E-state index is 10.1. The van der Waals surface area contributed by atoms with E-state index in [1.807, 2.05) is 0 Å². The maximum absolute atomic E-state index is 10.1. The first-order valence-corrected chi connectivity index (χ1v) is 2.57. The van der Waals surface area contributed by atoms with Gasteiger partial charge in [-0.1, -0.05) is 13.2 Å². The standard InChI is InChI=1S/C4H7NO.C2H3/c6-4-2-1-3-5-4;1-2/h1-3H2,(H,5,6);1H,2H2. The van der Waals surface area contributed by atoms with Crippen LogP contribution in [0, 0.1) is 6.58 Å². The topological polar surface area (TPSA) is 29.1 Å². The fourth-order valence-electron chi connectivity index (χ4n) is 0.565. The van der Waals surface area contributed by atoms with E-state index in [1.54, 1.807) is 0 Å². The number of carbonyl (C=O) groups is 1. The van der Waals surface area contributed by atoms with Crippen LogP contribution < -0.4 is 5.32 Å². The Morgan fingerprint density at radius 3 is 2.38 bits per heavy atom. The van der Waals surface area contributed by atoms with Gasteiger partial charge in [-0.2, -0.15) is 0 Å². The summed E-state index contributed by atoms with van der Waals surface area (Å²) in [5, 5.41) is 2.68. The van der Waals surface area contributed by atoms with Crippen LogP contribution in [0.25, 0.3) is 0 Å². The molecule has 1 amide bonds.